The van der Waals surface area contributed by atoms with Gasteiger partial charge in [0.1, 0.15) is 10.8 Å². The van der Waals surface area contributed by atoms with Crippen LogP contribution in [0.25, 0.3) is 11.3 Å². The Morgan fingerprint density at radius 2 is 1.89 bits per heavy atom. The maximum Gasteiger partial charge on any atom is 0.323 e. The summed E-state index contributed by atoms with van der Waals surface area (Å²) >= 11 is 1.65. The summed E-state index contributed by atoms with van der Waals surface area (Å²) in [4.78, 5) is 12.3. The second-order valence-corrected chi connectivity index (χ2v) is 6.83. The number of hydrogen-bond donors (Lipinski definition) is 2. The van der Waals surface area contributed by atoms with E-state index in [-0.39, 0.29) is 6.03 Å². The first-order chi connectivity index (χ1) is 13.2. The van der Waals surface area contributed by atoms with Crippen molar-refractivity contribution in [3.05, 3.63) is 60.7 Å². The lowest BCUT2D eigenvalue weighted by molar-refractivity contribution is 0.262. The molecule has 0 aliphatic heterocycles. The summed E-state index contributed by atoms with van der Waals surface area (Å²) in [6.45, 7) is 2.07. The van der Waals surface area contributed by atoms with Crippen molar-refractivity contribution in [1.29, 1.82) is 0 Å². The highest BCUT2D eigenvalue weighted by Gasteiger charge is 2.08. The number of para-hydroxylation sites is 2. The molecule has 138 valence electrons. The molecule has 0 radical (unpaired) electrons. The van der Waals surface area contributed by atoms with Crippen molar-refractivity contribution < 1.29 is 9.53 Å². The van der Waals surface area contributed by atoms with E-state index in [1.807, 2.05) is 48.5 Å². The van der Waals surface area contributed by atoms with Gasteiger partial charge in [0, 0.05) is 11.3 Å². The molecule has 2 amide bonds. The molecule has 0 saturated heterocycles. The summed E-state index contributed by atoms with van der Waals surface area (Å²) in [6, 6.07) is 18.2. The number of nitrogens with one attached hydrogen (secondary N) is 2. The van der Waals surface area contributed by atoms with Crippen LogP contribution in [0.2, 0.25) is 0 Å². The smallest absolute Gasteiger partial charge is 0.323 e. The average molecular weight is 380 g/mol. The van der Waals surface area contributed by atoms with Gasteiger partial charge in [-0.2, -0.15) is 0 Å². The van der Waals surface area contributed by atoms with E-state index < -0.39 is 0 Å². The van der Waals surface area contributed by atoms with Crippen LogP contribution in [0.1, 0.15) is 6.92 Å². The summed E-state index contributed by atoms with van der Waals surface area (Å²) in [5, 5.41) is 15.0. The van der Waals surface area contributed by atoms with Gasteiger partial charge in [-0.15, -0.1) is 22.0 Å². The van der Waals surface area contributed by atoms with Crippen LogP contribution in [0.5, 0.6) is 5.75 Å². The third kappa shape index (κ3) is 4.98. The van der Waals surface area contributed by atoms with Crippen LogP contribution in [0.15, 0.2) is 65.7 Å². The number of nitrogens with zero attached hydrogens (tertiary/aromatic N) is 2. The third-order valence-corrected chi connectivity index (χ3v) is 4.51. The molecule has 0 aliphatic carbocycles. The topological polar surface area (TPSA) is 76.1 Å². The number of benzene rings is 2. The quantitative estimate of drug-likeness (QED) is 0.594. The molecule has 2 N–H and O–H groups in total. The monoisotopic (exact) mass is 380 g/mol. The van der Waals surface area contributed by atoms with E-state index in [0.29, 0.717) is 17.1 Å². The Morgan fingerprint density at radius 1 is 1.04 bits per heavy atom. The number of aromatic nitrogens is 2. The first kappa shape index (κ1) is 18.7. The highest BCUT2D eigenvalue weighted by Crippen LogP contribution is 2.25. The highest BCUT2D eigenvalue weighted by atomic mass is 32.2. The Hall–Kier alpha value is -3.06. The van der Waals surface area contributed by atoms with E-state index >= 15 is 0 Å². The van der Waals surface area contributed by atoms with Crippen LogP contribution in [0, 0.1) is 0 Å². The number of rotatable bonds is 6. The van der Waals surface area contributed by atoms with Crippen LogP contribution in [-0.4, -0.2) is 29.1 Å². The van der Waals surface area contributed by atoms with Crippen LogP contribution < -0.4 is 15.4 Å². The van der Waals surface area contributed by atoms with Crippen molar-refractivity contribution >= 4 is 29.2 Å². The van der Waals surface area contributed by atoms with Gasteiger partial charge >= 0.3 is 6.03 Å². The van der Waals surface area contributed by atoms with Crippen molar-refractivity contribution in [3.63, 3.8) is 0 Å². The number of anilines is 2. The van der Waals surface area contributed by atoms with E-state index in [0.717, 1.165) is 22.0 Å². The number of amides is 2. The third-order valence-electron chi connectivity index (χ3n) is 3.70. The van der Waals surface area contributed by atoms with Crippen molar-refractivity contribution in [2.45, 2.75) is 11.9 Å². The van der Waals surface area contributed by atoms with Gasteiger partial charge < -0.3 is 15.4 Å². The zero-order valence-corrected chi connectivity index (χ0v) is 15.9. The lowest BCUT2D eigenvalue weighted by atomic mass is 10.1. The van der Waals surface area contributed by atoms with Crippen molar-refractivity contribution in [2.24, 2.45) is 0 Å². The zero-order valence-electron chi connectivity index (χ0n) is 15.1. The number of carbonyl (C=O) groups excluding carboxylic acids is 1. The molecule has 0 unspecified atom stereocenters. The minimum atomic E-state index is -0.350. The maximum atomic E-state index is 12.3. The first-order valence-electron chi connectivity index (χ1n) is 8.47. The van der Waals surface area contributed by atoms with Crippen LogP contribution in [0.3, 0.4) is 0 Å². The molecule has 7 heteroatoms. The molecule has 3 aromatic rings. The molecule has 27 heavy (non-hydrogen) atoms. The normalized spacial score (nSPS) is 10.3. The Kier molecular flexibility index (Phi) is 6.27. The van der Waals surface area contributed by atoms with Gasteiger partial charge in [0.15, 0.2) is 0 Å². The predicted octanol–water partition coefficient (Wildman–Crippen LogP) is 4.91. The molecule has 0 atom stereocenters. The van der Waals surface area contributed by atoms with E-state index in [1.165, 1.54) is 0 Å². The van der Waals surface area contributed by atoms with Gasteiger partial charge in [-0.3, -0.25) is 0 Å². The SMILES string of the molecule is CCSc1ccc(-c2cccc(NC(=O)Nc3ccccc3OC)c2)nn1. The second-order valence-electron chi connectivity index (χ2n) is 5.55. The van der Waals surface area contributed by atoms with Crippen molar-refractivity contribution in [3.8, 4) is 17.0 Å². The summed E-state index contributed by atoms with van der Waals surface area (Å²) in [5.41, 5.74) is 2.90. The lowest BCUT2D eigenvalue weighted by Gasteiger charge is -2.11. The number of hydrogen-bond acceptors (Lipinski definition) is 5. The molecule has 0 fully saturated rings. The van der Waals surface area contributed by atoms with Gasteiger partial charge in [-0.05, 0) is 42.2 Å². The molecule has 1 heterocycles. The summed E-state index contributed by atoms with van der Waals surface area (Å²) in [5.74, 6) is 1.55. The predicted molar refractivity (Wildman–Crippen MR) is 110 cm³/mol. The molecule has 0 bridgehead atoms. The van der Waals surface area contributed by atoms with Crippen LogP contribution in [-0.2, 0) is 0 Å². The van der Waals surface area contributed by atoms with Gasteiger partial charge in [0.05, 0.1) is 18.5 Å². The summed E-state index contributed by atoms with van der Waals surface area (Å²) in [7, 11) is 1.56. The standard InChI is InChI=1S/C20H20N4O2S/c1-3-27-19-12-11-16(23-24-19)14-7-6-8-15(13-14)21-20(25)22-17-9-4-5-10-18(17)26-2/h4-13H,3H2,1-2H3,(H2,21,22,25). The molecule has 6 nitrogen and oxygen atoms in total. The van der Waals surface area contributed by atoms with Gasteiger partial charge in [-0.1, -0.05) is 31.2 Å². The molecule has 2 aromatic carbocycles. The van der Waals surface area contributed by atoms with Gasteiger partial charge in [-0.25, -0.2) is 4.79 Å². The molecular formula is C20H20N4O2S. The van der Waals surface area contributed by atoms with Crippen molar-refractivity contribution in [2.75, 3.05) is 23.5 Å². The fourth-order valence-electron chi connectivity index (χ4n) is 2.49. The maximum absolute atomic E-state index is 12.3. The molecule has 0 saturated carbocycles. The van der Waals surface area contributed by atoms with E-state index in [4.69, 9.17) is 4.74 Å². The number of thioether (sulfide) groups is 1. The summed E-state index contributed by atoms with van der Waals surface area (Å²) in [6.07, 6.45) is 0. The fraction of sp³-hybridized carbons (Fsp3) is 0.150. The largest absolute Gasteiger partial charge is 0.495 e. The average Bonchev–Trinajstić information content (AvgIpc) is 2.69. The highest BCUT2D eigenvalue weighted by molar-refractivity contribution is 7.99. The fourth-order valence-corrected chi connectivity index (χ4v) is 3.05. The minimum absolute atomic E-state index is 0.350. The molecule has 0 aliphatic rings. The molecular weight excluding hydrogens is 360 g/mol. The number of carbonyl (C=O) groups is 1. The Labute approximate surface area is 162 Å². The molecule has 0 spiro atoms. The first-order valence-corrected chi connectivity index (χ1v) is 9.46. The van der Waals surface area contributed by atoms with E-state index in [9.17, 15) is 4.79 Å². The van der Waals surface area contributed by atoms with Crippen LogP contribution in [0.4, 0.5) is 16.2 Å². The Bertz CT molecular complexity index is 916. The van der Waals surface area contributed by atoms with E-state index in [1.54, 1.807) is 31.0 Å². The van der Waals surface area contributed by atoms with Gasteiger partial charge in [0.25, 0.3) is 0 Å². The summed E-state index contributed by atoms with van der Waals surface area (Å²) < 4.78 is 5.24. The number of ether oxygens (including phenoxy) is 1. The van der Waals surface area contributed by atoms with Gasteiger partial charge in [0.2, 0.25) is 0 Å². The molecule has 1 aromatic heterocycles. The molecule has 3 rings (SSSR count). The number of urea groups is 1. The Morgan fingerprint density at radius 3 is 2.63 bits per heavy atom. The minimum Gasteiger partial charge on any atom is -0.495 e. The van der Waals surface area contributed by atoms with E-state index in [2.05, 4.69) is 27.8 Å². The second kappa shape index (κ2) is 9.05. The van der Waals surface area contributed by atoms with Crippen molar-refractivity contribution in [1.82, 2.24) is 10.2 Å². The van der Waals surface area contributed by atoms with Crippen LogP contribution >= 0.6 is 11.8 Å². The number of methoxy groups -OCH3 is 1. The Balaban J connectivity index is 1.71. The zero-order chi connectivity index (χ0) is 19.1. The lowest BCUT2D eigenvalue weighted by Crippen LogP contribution is -2.19.